The van der Waals surface area contributed by atoms with Crippen molar-refractivity contribution < 1.29 is 4.39 Å². The van der Waals surface area contributed by atoms with Crippen LogP contribution in [0.25, 0.3) is 22.2 Å². The predicted molar refractivity (Wildman–Crippen MR) is 89.9 cm³/mol. The van der Waals surface area contributed by atoms with E-state index in [0.29, 0.717) is 0 Å². The van der Waals surface area contributed by atoms with Crippen molar-refractivity contribution in [1.29, 1.82) is 0 Å². The van der Waals surface area contributed by atoms with Gasteiger partial charge in [-0.2, -0.15) is 0 Å². The number of fused-ring (bicyclic) bond motifs is 1. The number of benzene rings is 1. The summed E-state index contributed by atoms with van der Waals surface area (Å²) in [5.41, 5.74) is 2.67. The molecule has 5 heteroatoms. The minimum Gasteiger partial charge on any atom is -0.345 e. The van der Waals surface area contributed by atoms with Crippen molar-refractivity contribution >= 4 is 34.1 Å². The fourth-order valence-electron chi connectivity index (χ4n) is 2.43. The normalized spacial score (nSPS) is 11.1. The zero-order valence-electron chi connectivity index (χ0n) is 11.4. The summed E-state index contributed by atoms with van der Waals surface area (Å²) >= 11 is 3.40. The first-order valence-electron chi connectivity index (χ1n) is 6.74. The summed E-state index contributed by atoms with van der Waals surface area (Å²) < 4.78 is 14.8. The van der Waals surface area contributed by atoms with Crippen molar-refractivity contribution in [1.82, 2.24) is 9.97 Å². The van der Waals surface area contributed by atoms with Crippen molar-refractivity contribution in [3.8, 4) is 11.1 Å². The molecule has 108 valence electrons. The molecule has 0 unspecified atom stereocenters. The van der Waals surface area contributed by atoms with Gasteiger partial charge in [0.1, 0.15) is 11.5 Å². The maximum absolute atomic E-state index is 13.6. The first-order chi connectivity index (χ1) is 10.8. The Bertz CT molecular complexity index is 929. The number of pyridine rings is 1. The zero-order valence-corrected chi connectivity index (χ0v) is 13.0. The van der Waals surface area contributed by atoms with E-state index in [2.05, 4.69) is 21.4 Å². The van der Waals surface area contributed by atoms with Crippen molar-refractivity contribution in [3.05, 3.63) is 66.1 Å². The van der Waals surface area contributed by atoms with Crippen LogP contribution in [0, 0.1) is 5.82 Å². The summed E-state index contributed by atoms with van der Waals surface area (Å²) in [6, 6.07) is 12.7. The average molecular weight is 326 g/mol. The van der Waals surface area contributed by atoms with Gasteiger partial charge in [0.15, 0.2) is 0 Å². The van der Waals surface area contributed by atoms with Gasteiger partial charge in [-0.25, -0.2) is 9.37 Å². The molecule has 0 spiro atoms. The minimum atomic E-state index is -0.231. The molecule has 22 heavy (non-hydrogen) atoms. The molecule has 0 aliphatic heterocycles. The number of rotatable bonds is 3. The van der Waals surface area contributed by atoms with E-state index in [1.54, 1.807) is 41.4 Å². The summed E-state index contributed by atoms with van der Waals surface area (Å²) in [5.74, 6) is -0.231. The van der Waals surface area contributed by atoms with Gasteiger partial charge in [0.05, 0.1) is 4.21 Å². The summed E-state index contributed by atoms with van der Waals surface area (Å²) in [4.78, 5) is 8.69. The van der Waals surface area contributed by atoms with Crippen LogP contribution in [0.2, 0.25) is 0 Å². The van der Waals surface area contributed by atoms with Gasteiger partial charge in [0.25, 0.3) is 0 Å². The summed E-state index contributed by atoms with van der Waals surface area (Å²) in [5, 5.41) is 3.09. The Balaban J connectivity index is 1.89. The molecule has 0 aliphatic carbocycles. The molecule has 1 aromatic carbocycles. The van der Waals surface area contributed by atoms with Crippen LogP contribution >= 0.6 is 23.1 Å². The third-order valence-corrected chi connectivity index (χ3v) is 5.46. The summed E-state index contributed by atoms with van der Waals surface area (Å²) in [6.07, 6.45) is 3.71. The Kier molecular flexibility index (Phi) is 3.44. The van der Waals surface area contributed by atoms with Crippen LogP contribution in [0.1, 0.15) is 0 Å². The van der Waals surface area contributed by atoms with Crippen molar-refractivity contribution in [2.24, 2.45) is 0 Å². The van der Waals surface area contributed by atoms with Gasteiger partial charge in [-0.1, -0.05) is 30.0 Å². The highest BCUT2D eigenvalue weighted by atomic mass is 32.2. The van der Waals surface area contributed by atoms with Crippen molar-refractivity contribution in [2.75, 3.05) is 0 Å². The predicted octanol–water partition coefficient (Wildman–Crippen LogP) is 5.58. The van der Waals surface area contributed by atoms with Crippen molar-refractivity contribution in [2.45, 2.75) is 9.10 Å². The summed E-state index contributed by atoms with van der Waals surface area (Å²) in [6.45, 7) is 0. The van der Waals surface area contributed by atoms with Crippen LogP contribution < -0.4 is 0 Å². The van der Waals surface area contributed by atoms with Crippen LogP contribution in [-0.4, -0.2) is 9.97 Å². The number of halogens is 1. The second-order valence-corrected chi connectivity index (χ2v) is 7.07. The first-order valence-corrected chi connectivity index (χ1v) is 8.44. The lowest BCUT2D eigenvalue weighted by Crippen LogP contribution is -1.84. The number of nitrogens with one attached hydrogen (secondary N) is 1. The molecule has 0 radical (unpaired) electrons. The van der Waals surface area contributed by atoms with Gasteiger partial charge < -0.3 is 4.98 Å². The molecule has 0 saturated carbocycles. The van der Waals surface area contributed by atoms with E-state index in [1.807, 2.05) is 24.4 Å². The molecule has 3 heterocycles. The van der Waals surface area contributed by atoms with Crippen LogP contribution in [0.15, 0.2) is 69.3 Å². The van der Waals surface area contributed by atoms with Gasteiger partial charge in [-0.3, -0.25) is 0 Å². The number of nitrogens with zero attached hydrogens (tertiary/aromatic N) is 1. The molecule has 1 N–H and O–H groups in total. The number of aromatic amines is 1. The quantitative estimate of drug-likeness (QED) is 0.532. The largest absolute Gasteiger partial charge is 0.345 e. The highest BCUT2D eigenvalue weighted by Gasteiger charge is 2.13. The maximum Gasteiger partial charge on any atom is 0.139 e. The monoisotopic (exact) mass is 326 g/mol. The molecular formula is C17H11FN2S2. The van der Waals surface area contributed by atoms with E-state index in [1.165, 1.54) is 10.3 Å². The number of H-pyrrole nitrogens is 1. The van der Waals surface area contributed by atoms with Gasteiger partial charge in [-0.05, 0) is 40.8 Å². The number of hydrogen-bond acceptors (Lipinski definition) is 3. The number of hydrogen-bond donors (Lipinski definition) is 1. The molecule has 0 aliphatic rings. The van der Waals surface area contributed by atoms with E-state index in [9.17, 15) is 4.39 Å². The first kappa shape index (κ1) is 13.5. The standard InChI is InChI=1S/C17H11FN2S2/c18-12-4-1-3-11(9-12)13-6-7-19-17-16(13)14(10-20-17)22-15-5-2-8-21-15/h1-10H,(H,19,20). The molecule has 0 bridgehead atoms. The molecule has 0 fully saturated rings. The Hall–Kier alpha value is -2.11. The van der Waals surface area contributed by atoms with E-state index < -0.39 is 0 Å². The van der Waals surface area contributed by atoms with Gasteiger partial charge in [0, 0.05) is 22.7 Å². The lowest BCUT2D eigenvalue weighted by molar-refractivity contribution is 0.628. The lowest BCUT2D eigenvalue weighted by atomic mass is 10.0. The van der Waals surface area contributed by atoms with E-state index in [0.717, 1.165) is 27.1 Å². The van der Waals surface area contributed by atoms with Gasteiger partial charge >= 0.3 is 0 Å². The highest BCUT2D eigenvalue weighted by Crippen LogP contribution is 2.39. The third kappa shape index (κ3) is 2.42. The molecule has 3 aromatic heterocycles. The van der Waals surface area contributed by atoms with Crippen LogP contribution in [0.4, 0.5) is 4.39 Å². The Labute approximate surface area is 135 Å². The van der Waals surface area contributed by atoms with Gasteiger partial charge in [-0.15, -0.1) is 11.3 Å². The van der Waals surface area contributed by atoms with Gasteiger partial charge in [0.2, 0.25) is 0 Å². The number of thiophene rings is 1. The Morgan fingerprint density at radius 1 is 1.14 bits per heavy atom. The zero-order chi connectivity index (χ0) is 14.9. The lowest BCUT2D eigenvalue weighted by Gasteiger charge is -2.05. The minimum absolute atomic E-state index is 0.231. The molecule has 0 saturated heterocycles. The second kappa shape index (κ2) is 5.59. The van der Waals surface area contributed by atoms with E-state index >= 15 is 0 Å². The molecule has 0 atom stereocenters. The van der Waals surface area contributed by atoms with E-state index in [-0.39, 0.29) is 5.82 Å². The SMILES string of the molecule is Fc1cccc(-c2ccnc3[nH]cc(Sc4cccs4)c23)c1. The van der Waals surface area contributed by atoms with Crippen LogP contribution in [0.3, 0.4) is 0 Å². The third-order valence-electron chi connectivity index (χ3n) is 3.38. The Morgan fingerprint density at radius 3 is 2.91 bits per heavy atom. The van der Waals surface area contributed by atoms with Crippen molar-refractivity contribution in [3.63, 3.8) is 0 Å². The Morgan fingerprint density at radius 2 is 2.09 bits per heavy atom. The fourth-order valence-corrected chi connectivity index (χ4v) is 4.30. The fraction of sp³-hybridized carbons (Fsp3) is 0. The van der Waals surface area contributed by atoms with E-state index in [4.69, 9.17) is 0 Å². The number of aromatic nitrogens is 2. The highest BCUT2D eigenvalue weighted by molar-refractivity contribution is 8.01. The smallest absolute Gasteiger partial charge is 0.139 e. The second-order valence-electron chi connectivity index (χ2n) is 4.78. The maximum atomic E-state index is 13.6. The molecular weight excluding hydrogens is 315 g/mol. The van der Waals surface area contributed by atoms with Crippen LogP contribution in [-0.2, 0) is 0 Å². The van der Waals surface area contributed by atoms with Crippen LogP contribution in [0.5, 0.6) is 0 Å². The molecule has 2 nitrogen and oxygen atoms in total. The average Bonchev–Trinajstić information content (AvgIpc) is 3.18. The topological polar surface area (TPSA) is 28.7 Å². The molecule has 0 amide bonds. The molecule has 4 rings (SSSR count). The summed E-state index contributed by atoms with van der Waals surface area (Å²) in [7, 11) is 0. The molecule has 4 aromatic rings.